The molecule has 5 aromatic rings. The summed E-state index contributed by atoms with van der Waals surface area (Å²) in [5.41, 5.74) is 3.75. The lowest BCUT2D eigenvalue weighted by Gasteiger charge is -2.24. The molecule has 1 heterocycles. The second kappa shape index (κ2) is 9.92. The maximum atomic E-state index is 14.8. The Hall–Kier alpha value is -4.65. The van der Waals surface area contributed by atoms with Crippen LogP contribution >= 0.6 is 0 Å². The lowest BCUT2D eigenvalue weighted by molar-refractivity contribution is 0.0983. The van der Waals surface area contributed by atoms with Gasteiger partial charge in [-0.1, -0.05) is 42.5 Å². The predicted octanol–water partition coefficient (Wildman–Crippen LogP) is 6.46. The van der Waals surface area contributed by atoms with E-state index in [1.54, 1.807) is 18.2 Å². The third kappa shape index (κ3) is 4.63. The van der Waals surface area contributed by atoms with Crippen molar-refractivity contribution in [3.63, 3.8) is 0 Å². The Bertz CT molecular complexity index is 1570. The number of halogens is 2. The smallest absolute Gasteiger partial charge is 0.258 e. The van der Waals surface area contributed by atoms with Crippen LogP contribution in [-0.4, -0.2) is 22.9 Å². The minimum Gasteiger partial charge on any atom is -0.373 e. The summed E-state index contributed by atoms with van der Waals surface area (Å²) in [6, 6.07) is 25.1. The number of carbonyl (C=O) groups is 1. The van der Waals surface area contributed by atoms with Crippen molar-refractivity contribution in [3.05, 3.63) is 120 Å². The first-order chi connectivity index (χ1) is 17.5. The van der Waals surface area contributed by atoms with Gasteiger partial charge in [-0.05, 0) is 65.2 Å². The summed E-state index contributed by atoms with van der Waals surface area (Å²) in [7, 11) is 1.81. The first kappa shape index (κ1) is 23.1. The molecule has 1 aromatic heterocycles. The number of para-hydroxylation sites is 1. The van der Waals surface area contributed by atoms with Crippen LogP contribution in [0.5, 0.6) is 0 Å². The Morgan fingerprint density at radius 2 is 1.67 bits per heavy atom. The molecule has 0 fully saturated rings. The SMILES string of the molecule is CNc1ncnc2ccc(-c3cccc(CN(C(=O)c4cccc(F)c4)c4ccccc4F)c3)cc12. The molecule has 0 spiro atoms. The van der Waals surface area contributed by atoms with Gasteiger partial charge in [0.1, 0.15) is 23.8 Å². The van der Waals surface area contributed by atoms with Crippen molar-refractivity contribution in [3.8, 4) is 11.1 Å². The van der Waals surface area contributed by atoms with Gasteiger partial charge in [0.15, 0.2) is 0 Å². The fraction of sp³-hybridized carbons (Fsp3) is 0.0690. The fourth-order valence-corrected chi connectivity index (χ4v) is 4.18. The molecule has 0 saturated heterocycles. The van der Waals surface area contributed by atoms with Crippen LogP contribution in [0.1, 0.15) is 15.9 Å². The number of benzene rings is 4. The maximum absolute atomic E-state index is 14.8. The molecule has 0 bridgehead atoms. The molecule has 4 aromatic carbocycles. The number of rotatable bonds is 6. The van der Waals surface area contributed by atoms with E-state index in [9.17, 15) is 13.6 Å². The number of hydrogen-bond donors (Lipinski definition) is 1. The first-order valence-electron chi connectivity index (χ1n) is 11.4. The standard InChI is InChI=1S/C29H22F2N4O/c1-32-28-24-16-21(12-13-26(24)33-18-34-28)20-7-4-6-19(14-20)17-35(27-11-3-2-10-25(27)31)29(36)22-8-5-9-23(30)15-22/h2-16,18H,17H2,1H3,(H,32,33,34). The highest BCUT2D eigenvalue weighted by molar-refractivity contribution is 6.06. The summed E-state index contributed by atoms with van der Waals surface area (Å²) in [4.78, 5) is 23.3. The molecule has 5 rings (SSSR count). The zero-order valence-corrected chi connectivity index (χ0v) is 19.5. The largest absolute Gasteiger partial charge is 0.373 e. The summed E-state index contributed by atoms with van der Waals surface area (Å²) >= 11 is 0. The summed E-state index contributed by atoms with van der Waals surface area (Å²) in [6.07, 6.45) is 1.52. The average molecular weight is 481 g/mol. The maximum Gasteiger partial charge on any atom is 0.258 e. The Kier molecular flexibility index (Phi) is 6.36. The Labute approximate surface area is 207 Å². The number of fused-ring (bicyclic) bond motifs is 1. The number of amides is 1. The number of aromatic nitrogens is 2. The van der Waals surface area contributed by atoms with Gasteiger partial charge >= 0.3 is 0 Å². The molecule has 0 atom stereocenters. The molecule has 0 aliphatic rings. The summed E-state index contributed by atoms with van der Waals surface area (Å²) in [5.74, 6) is -0.832. The third-order valence-corrected chi connectivity index (χ3v) is 5.93. The third-order valence-electron chi connectivity index (χ3n) is 5.93. The topological polar surface area (TPSA) is 58.1 Å². The quantitative estimate of drug-likeness (QED) is 0.303. The number of hydrogen-bond acceptors (Lipinski definition) is 4. The lowest BCUT2D eigenvalue weighted by Crippen LogP contribution is -2.31. The number of carbonyl (C=O) groups excluding carboxylic acids is 1. The van der Waals surface area contributed by atoms with E-state index in [2.05, 4.69) is 15.3 Å². The molecule has 5 nitrogen and oxygen atoms in total. The average Bonchev–Trinajstić information content (AvgIpc) is 2.91. The van der Waals surface area contributed by atoms with Crippen LogP contribution in [0, 0.1) is 11.6 Å². The molecule has 7 heteroatoms. The highest BCUT2D eigenvalue weighted by Gasteiger charge is 2.21. The van der Waals surface area contributed by atoms with E-state index in [0.717, 1.165) is 39.5 Å². The molecule has 36 heavy (non-hydrogen) atoms. The van der Waals surface area contributed by atoms with Crippen LogP contribution in [-0.2, 0) is 6.54 Å². The van der Waals surface area contributed by atoms with E-state index in [4.69, 9.17) is 0 Å². The van der Waals surface area contributed by atoms with Gasteiger partial charge in [-0.2, -0.15) is 0 Å². The molecular formula is C29H22F2N4O. The molecule has 1 N–H and O–H groups in total. The lowest BCUT2D eigenvalue weighted by atomic mass is 10.0. The van der Waals surface area contributed by atoms with Gasteiger partial charge in [0.25, 0.3) is 5.91 Å². The molecule has 0 aliphatic heterocycles. The van der Waals surface area contributed by atoms with Gasteiger partial charge in [-0.15, -0.1) is 0 Å². The van der Waals surface area contributed by atoms with Crippen molar-refractivity contribution in [2.24, 2.45) is 0 Å². The fourth-order valence-electron chi connectivity index (χ4n) is 4.18. The molecule has 0 saturated carbocycles. The molecule has 1 amide bonds. The van der Waals surface area contributed by atoms with Crippen molar-refractivity contribution in [2.45, 2.75) is 6.54 Å². The first-order valence-corrected chi connectivity index (χ1v) is 11.4. The number of anilines is 2. The van der Waals surface area contributed by atoms with Crippen LogP contribution < -0.4 is 10.2 Å². The van der Waals surface area contributed by atoms with Gasteiger partial charge < -0.3 is 10.2 Å². The van der Waals surface area contributed by atoms with Crippen LogP contribution in [0.4, 0.5) is 20.3 Å². The van der Waals surface area contributed by atoms with Gasteiger partial charge in [0, 0.05) is 18.0 Å². The molecular weight excluding hydrogens is 458 g/mol. The van der Waals surface area contributed by atoms with E-state index >= 15 is 0 Å². The molecule has 0 radical (unpaired) electrons. The van der Waals surface area contributed by atoms with Crippen molar-refractivity contribution in [1.82, 2.24) is 9.97 Å². The normalized spacial score (nSPS) is 10.9. The monoisotopic (exact) mass is 480 g/mol. The highest BCUT2D eigenvalue weighted by Crippen LogP contribution is 2.29. The van der Waals surface area contributed by atoms with Gasteiger partial charge in [0.05, 0.1) is 17.7 Å². The summed E-state index contributed by atoms with van der Waals surface area (Å²) < 4.78 is 28.6. The van der Waals surface area contributed by atoms with E-state index in [-0.39, 0.29) is 17.8 Å². The van der Waals surface area contributed by atoms with Gasteiger partial charge in [-0.3, -0.25) is 4.79 Å². The number of nitrogens with one attached hydrogen (secondary N) is 1. The Morgan fingerprint density at radius 3 is 2.47 bits per heavy atom. The van der Waals surface area contributed by atoms with E-state index in [1.165, 1.54) is 35.5 Å². The Balaban J connectivity index is 1.53. The van der Waals surface area contributed by atoms with E-state index < -0.39 is 17.5 Å². The number of nitrogens with zero attached hydrogens (tertiary/aromatic N) is 3. The van der Waals surface area contributed by atoms with Gasteiger partial charge in [0.2, 0.25) is 0 Å². The second-order valence-corrected chi connectivity index (χ2v) is 8.26. The minimum atomic E-state index is -0.535. The molecule has 178 valence electrons. The predicted molar refractivity (Wildman–Crippen MR) is 138 cm³/mol. The Morgan fingerprint density at radius 1 is 0.861 bits per heavy atom. The van der Waals surface area contributed by atoms with Crippen molar-refractivity contribution in [1.29, 1.82) is 0 Å². The zero-order chi connectivity index (χ0) is 25.1. The summed E-state index contributed by atoms with van der Waals surface area (Å²) in [5, 5.41) is 3.97. The van der Waals surface area contributed by atoms with Crippen molar-refractivity contribution < 1.29 is 13.6 Å². The van der Waals surface area contributed by atoms with E-state index in [0.29, 0.717) is 0 Å². The highest BCUT2D eigenvalue weighted by atomic mass is 19.1. The van der Waals surface area contributed by atoms with Crippen molar-refractivity contribution >= 4 is 28.3 Å². The van der Waals surface area contributed by atoms with Crippen LogP contribution in [0.25, 0.3) is 22.0 Å². The van der Waals surface area contributed by atoms with Crippen LogP contribution in [0.3, 0.4) is 0 Å². The summed E-state index contributed by atoms with van der Waals surface area (Å²) in [6.45, 7) is 0.0998. The van der Waals surface area contributed by atoms with Gasteiger partial charge in [-0.25, -0.2) is 18.7 Å². The van der Waals surface area contributed by atoms with Crippen LogP contribution in [0.15, 0.2) is 97.3 Å². The molecule has 0 aliphatic carbocycles. The van der Waals surface area contributed by atoms with Crippen molar-refractivity contribution in [2.75, 3.05) is 17.3 Å². The molecule has 0 unspecified atom stereocenters. The minimum absolute atomic E-state index is 0.0998. The zero-order valence-electron chi connectivity index (χ0n) is 19.5. The van der Waals surface area contributed by atoms with E-state index in [1.807, 2.05) is 49.5 Å². The second-order valence-electron chi connectivity index (χ2n) is 8.26. The van der Waals surface area contributed by atoms with Crippen LogP contribution in [0.2, 0.25) is 0 Å².